The number of nitrogens with zero attached hydrogens (tertiary/aromatic N) is 3. The van der Waals surface area contributed by atoms with Crippen molar-refractivity contribution in [3.05, 3.63) is 214 Å². The van der Waals surface area contributed by atoms with E-state index < -0.39 is 42.3 Å². The lowest BCUT2D eigenvalue weighted by Crippen LogP contribution is -2.33. The molecule has 3 aliphatic heterocycles. The van der Waals surface area contributed by atoms with E-state index in [-0.39, 0.29) is 45.9 Å². The number of thioether (sulfide) groups is 2. The Morgan fingerprint density at radius 3 is 1.93 bits per heavy atom. The molecule has 2 fully saturated rings. The standard InChI is InChI=1S/C20H16BrNO4.C20H14ClNO6S.C19H14BrNO4S2/c1-12-18(20(25)26-2)16(11-13-5-3-4-6-17(13)23)19(24)22(12)15-9-7-14(21)8-10-15;21-14-5-3-13(4-6-14)16(23)10-22-19(26)17(29-20(22)27)9-12-1-7-15(8-2-12)28-11-18(24)25;20-14-6-7-15(25-11-17(22)23)13(8-14)9-16-18(24)21(19(26)27-16)10-12-4-2-1-3-5-12/h3-11,23H,1-2H3;1-9H,10-11H2,(H,24,25);1-9H,10-11H2,(H,22,23)/b16-11-;17-9-;16-9-. The van der Waals surface area contributed by atoms with Crippen molar-refractivity contribution in [1.29, 1.82) is 0 Å². The van der Waals surface area contributed by atoms with Gasteiger partial charge in [0.15, 0.2) is 19.0 Å². The average molecular weight is 1310 g/mol. The van der Waals surface area contributed by atoms with Gasteiger partial charge in [-0.2, -0.15) is 0 Å². The molecular formula is C59H44Br2ClN3O14S3. The number of ketones is 1. The fourth-order valence-corrected chi connectivity index (χ4v) is 10.6. The molecule has 9 rings (SSSR count). The first-order valence-corrected chi connectivity index (χ1v) is 28.0. The highest BCUT2D eigenvalue weighted by molar-refractivity contribution is 9.10. The lowest BCUT2D eigenvalue weighted by Gasteiger charge is -2.18. The van der Waals surface area contributed by atoms with Crippen LogP contribution in [0.4, 0.5) is 10.5 Å². The van der Waals surface area contributed by atoms with Crippen molar-refractivity contribution in [1.82, 2.24) is 9.80 Å². The number of carbonyl (C=O) groups excluding carboxylic acids is 6. The van der Waals surface area contributed by atoms with Crippen molar-refractivity contribution in [2.45, 2.75) is 13.5 Å². The number of para-hydroxylation sites is 1. The fourth-order valence-electron chi connectivity index (χ4n) is 7.76. The van der Waals surface area contributed by atoms with Gasteiger partial charge in [0.05, 0.1) is 41.2 Å². The number of aromatic hydroxyl groups is 1. The molecule has 418 valence electrons. The van der Waals surface area contributed by atoms with Gasteiger partial charge in [0.25, 0.3) is 23.0 Å². The Morgan fingerprint density at radius 2 is 1.28 bits per heavy atom. The molecule has 0 aromatic heterocycles. The third-order valence-electron chi connectivity index (χ3n) is 11.7. The number of benzene rings is 6. The summed E-state index contributed by atoms with van der Waals surface area (Å²) in [5.41, 5.74) is 4.50. The summed E-state index contributed by atoms with van der Waals surface area (Å²) >= 11 is 19.9. The van der Waals surface area contributed by atoms with E-state index in [1.54, 1.807) is 103 Å². The number of halogens is 3. The van der Waals surface area contributed by atoms with Crippen molar-refractivity contribution in [3.63, 3.8) is 0 Å². The summed E-state index contributed by atoms with van der Waals surface area (Å²) in [6.07, 6.45) is 4.71. The van der Waals surface area contributed by atoms with Crippen LogP contribution >= 0.6 is 79.2 Å². The van der Waals surface area contributed by atoms with Gasteiger partial charge in [0, 0.05) is 42.0 Å². The first kappa shape index (κ1) is 61.5. The van der Waals surface area contributed by atoms with Crippen molar-refractivity contribution in [2.24, 2.45) is 0 Å². The van der Waals surface area contributed by atoms with E-state index in [0.717, 1.165) is 31.2 Å². The number of hydrogen-bond donors (Lipinski definition) is 3. The van der Waals surface area contributed by atoms with E-state index in [4.69, 9.17) is 48.2 Å². The van der Waals surface area contributed by atoms with Crippen LogP contribution in [-0.4, -0.2) is 103 Å². The summed E-state index contributed by atoms with van der Waals surface area (Å²) < 4.78 is 17.4. The quantitative estimate of drug-likeness (QED) is 0.0354. The van der Waals surface area contributed by atoms with Crippen molar-refractivity contribution in [2.75, 3.05) is 31.8 Å². The van der Waals surface area contributed by atoms with E-state index in [1.165, 1.54) is 54.1 Å². The maximum Gasteiger partial charge on any atom is 0.341 e. The molecular weight excluding hydrogens is 1270 g/mol. The Labute approximate surface area is 504 Å². The Kier molecular flexibility index (Phi) is 21.4. The molecule has 0 radical (unpaired) electrons. The number of Topliss-reactive ketones (excluding diaryl/α,β-unsaturated/α-hetero) is 1. The largest absolute Gasteiger partial charge is 0.507 e. The zero-order valence-electron chi connectivity index (χ0n) is 42.9. The highest BCUT2D eigenvalue weighted by atomic mass is 79.9. The van der Waals surface area contributed by atoms with Crippen molar-refractivity contribution in [3.8, 4) is 17.2 Å². The van der Waals surface area contributed by atoms with Gasteiger partial charge in [-0.3, -0.25) is 38.7 Å². The van der Waals surface area contributed by atoms with Crippen LogP contribution < -0.4 is 14.4 Å². The molecule has 82 heavy (non-hydrogen) atoms. The van der Waals surface area contributed by atoms with Gasteiger partial charge >= 0.3 is 17.9 Å². The maximum absolute atomic E-state index is 13.1. The van der Waals surface area contributed by atoms with Crippen LogP contribution in [0, 0.1) is 0 Å². The molecule has 0 spiro atoms. The number of carboxylic acid groups (broad SMARTS) is 2. The van der Waals surface area contributed by atoms with E-state index >= 15 is 0 Å². The van der Waals surface area contributed by atoms with Crippen LogP contribution in [0.2, 0.25) is 5.02 Å². The molecule has 4 amide bonds. The zero-order valence-corrected chi connectivity index (χ0v) is 49.3. The van der Waals surface area contributed by atoms with Crippen molar-refractivity contribution >= 4 is 154 Å². The number of phenolic OH excluding ortho intramolecular Hbond substituents is 1. The summed E-state index contributed by atoms with van der Waals surface area (Å²) in [7, 11) is 1.27. The van der Waals surface area contributed by atoms with Crippen LogP contribution in [0.1, 0.15) is 39.5 Å². The molecule has 0 aliphatic carbocycles. The predicted octanol–water partition coefficient (Wildman–Crippen LogP) is 12.1. The first-order chi connectivity index (χ1) is 39.2. The lowest BCUT2D eigenvalue weighted by molar-refractivity contribution is -0.140. The van der Waals surface area contributed by atoms with Crippen LogP contribution in [0.25, 0.3) is 18.2 Å². The van der Waals surface area contributed by atoms with Crippen LogP contribution in [0.3, 0.4) is 0 Å². The molecule has 0 saturated carbocycles. The van der Waals surface area contributed by atoms with E-state index in [9.17, 15) is 43.5 Å². The van der Waals surface area contributed by atoms with Gasteiger partial charge in [0.1, 0.15) is 21.6 Å². The molecule has 2 saturated heterocycles. The number of esters is 1. The van der Waals surface area contributed by atoms with Crippen LogP contribution in [-0.2, 0) is 40.0 Å². The number of anilines is 1. The van der Waals surface area contributed by atoms with E-state index in [2.05, 4.69) is 31.9 Å². The number of allylic oxidation sites excluding steroid dienone is 1. The van der Waals surface area contributed by atoms with Gasteiger partial charge in [-0.25, -0.2) is 14.4 Å². The Balaban J connectivity index is 0.000000177. The third kappa shape index (κ3) is 16.1. The minimum Gasteiger partial charge on any atom is -0.507 e. The number of carboxylic acids is 2. The SMILES string of the molecule is COC(=O)C1=C(C)N(c2ccc(Br)cc2)C(=O)/C1=C\c1ccccc1O.O=C(O)COc1ccc(/C=C2\SC(=O)N(CC(=O)c3ccc(Cl)cc3)C2=O)cc1.O=C(O)COc1ccc(Br)cc1/C=C1\SC(=S)N(Cc2ccccc2)C1=O. The van der Waals surface area contributed by atoms with Gasteiger partial charge < -0.3 is 29.5 Å². The topological polar surface area (TPSA) is 235 Å². The second kappa shape index (κ2) is 28.5. The number of hydrogen-bond acceptors (Lipinski definition) is 15. The molecule has 0 unspecified atom stereocenters. The second-order valence-electron chi connectivity index (χ2n) is 17.3. The third-order valence-corrected chi connectivity index (χ3v) is 15.2. The monoisotopic (exact) mass is 1310 g/mol. The van der Waals surface area contributed by atoms with Crippen LogP contribution in [0.5, 0.6) is 17.2 Å². The molecule has 3 aliphatic rings. The molecule has 0 bridgehead atoms. The summed E-state index contributed by atoms with van der Waals surface area (Å²) in [6, 6.07) is 41.2. The second-order valence-corrected chi connectivity index (χ2v) is 22.2. The number of methoxy groups -OCH3 is 1. The number of amides is 4. The molecule has 3 N–H and O–H groups in total. The minimum atomic E-state index is -1.09. The molecule has 6 aromatic carbocycles. The molecule has 23 heteroatoms. The summed E-state index contributed by atoms with van der Waals surface area (Å²) in [5.74, 6) is -3.44. The number of thiocarbonyl (C=S) groups is 1. The number of phenols is 1. The molecule has 3 heterocycles. The first-order valence-electron chi connectivity index (χ1n) is 24.0. The van der Waals surface area contributed by atoms with Crippen LogP contribution in [0.15, 0.2) is 181 Å². The summed E-state index contributed by atoms with van der Waals surface area (Å²) in [4.78, 5) is 101. The summed E-state index contributed by atoms with van der Waals surface area (Å²) in [6.45, 7) is 0.824. The van der Waals surface area contributed by atoms with Gasteiger partial charge in [-0.15, -0.1) is 0 Å². The molecule has 6 aromatic rings. The highest BCUT2D eigenvalue weighted by Gasteiger charge is 2.39. The van der Waals surface area contributed by atoms with E-state index in [0.29, 0.717) is 65.9 Å². The Hall–Kier alpha value is -8.12. The number of aliphatic carboxylic acids is 2. The Morgan fingerprint density at radius 1 is 0.671 bits per heavy atom. The molecule has 0 atom stereocenters. The normalized spacial score (nSPS) is 15.4. The number of carbonyl (C=O) groups is 8. The highest BCUT2D eigenvalue weighted by Crippen LogP contribution is 2.39. The van der Waals surface area contributed by atoms with Gasteiger partial charge in [0.2, 0.25) is 0 Å². The minimum absolute atomic E-state index is 0.0248. The smallest absolute Gasteiger partial charge is 0.341 e. The van der Waals surface area contributed by atoms with Crippen molar-refractivity contribution < 1.29 is 67.9 Å². The Bertz CT molecular complexity index is 3630. The number of imide groups is 1. The number of rotatable bonds is 16. The predicted molar refractivity (Wildman–Crippen MR) is 323 cm³/mol. The lowest BCUT2D eigenvalue weighted by atomic mass is 10.0. The van der Waals surface area contributed by atoms with Gasteiger partial charge in [-0.05, 0) is 133 Å². The summed E-state index contributed by atoms with van der Waals surface area (Å²) in [5, 5.41) is 27.4. The fraction of sp³-hybridized carbons (Fsp3) is 0.102. The zero-order chi connectivity index (χ0) is 59.2. The van der Waals surface area contributed by atoms with Gasteiger partial charge in [-0.1, -0.05) is 128 Å². The molecule has 17 nitrogen and oxygen atoms in total. The average Bonchev–Trinajstić information content (AvgIpc) is 4.08. The van der Waals surface area contributed by atoms with E-state index in [1.807, 2.05) is 42.5 Å². The number of ether oxygens (including phenoxy) is 3. The maximum atomic E-state index is 13.1.